The molecule has 1 aliphatic rings. The van der Waals surface area contributed by atoms with Crippen LogP contribution in [0.4, 0.5) is 0 Å². The highest BCUT2D eigenvalue weighted by Crippen LogP contribution is 2.14. The van der Waals surface area contributed by atoms with Crippen LogP contribution in [0.5, 0.6) is 5.75 Å². The molecule has 0 N–H and O–H groups in total. The Morgan fingerprint density at radius 1 is 1.42 bits per heavy atom. The summed E-state index contributed by atoms with van der Waals surface area (Å²) in [5.74, 6) is 1.06. The van der Waals surface area contributed by atoms with Gasteiger partial charge in [-0.2, -0.15) is 0 Å². The lowest BCUT2D eigenvalue weighted by molar-refractivity contribution is -0.138. The monoisotopic (exact) mass is 263 g/mol. The Balaban J connectivity index is 1.82. The first-order valence-corrected chi connectivity index (χ1v) is 6.71. The van der Waals surface area contributed by atoms with Gasteiger partial charge < -0.3 is 14.4 Å². The van der Waals surface area contributed by atoms with Crippen LogP contribution in [0.3, 0.4) is 0 Å². The molecule has 1 atom stereocenters. The second-order valence-corrected chi connectivity index (χ2v) is 4.87. The summed E-state index contributed by atoms with van der Waals surface area (Å²) in [6.07, 6.45) is 1.48. The van der Waals surface area contributed by atoms with E-state index in [1.807, 2.05) is 36.1 Å². The first-order valence-electron chi connectivity index (χ1n) is 6.71. The van der Waals surface area contributed by atoms with Gasteiger partial charge in [0.1, 0.15) is 5.75 Å². The molecular formula is C15H21NO3. The number of rotatable bonds is 4. The highest BCUT2D eigenvalue weighted by Gasteiger charge is 2.20. The van der Waals surface area contributed by atoms with Crippen LogP contribution >= 0.6 is 0 Å². The maximum absolute atomic E-state index is 12.1. The molecule has 1 saturated heterocycles. The van der Waals surface area contributed by atoms with Crippen molar-refractivity contribution in [3.63, 3.8) is 0 Å². The van der Waals surface area contributed by atoms with Gasteiger partial charge in [0, 0.05) is 19.5 Å². The molecule has 1 unspecified atom stereocenters. The molecule has 2 rings (SSSR count). The number of nitrogens with zero attached hydrogens (tertiary/aromatic N) is 1. The lowest BCUT2D eigenvalue weighted by Crippen LogP contribution is -2.44. The van der Waals surface area contributed by atoms with E-state index in [0.717, 1.165) is 17.7 Å². The number of aryl methyl sites for hydroxylation is 1. The van der Waals surface area contributed by atoms with Crippen molar-refractivity contribution in [1.82, 2.24) is 4.90 Å². The fourth-order valence-corrected chi connectivity index (χ4v) is 2.25. The zero-order chi connectivity index (χ0) is 13.7. The minimum Gasteiger partial charge on any atom is -0.497 e. The van der Waals surface area contributed by atoms with E-state index in [1.54, 1.807) is 7.11 Å². The van der Waals surface area contributed by atoms with Gasteiger partial charge in [-0.1, -0.05) is 12.1 Å². The van der Waals surface area contributed by atoms with E-state index in [2.05, 4.69) is 0 Å². The summed E-state index contributed by atoms with van der Waals surface area (Å²) in [7, 11) is 1.65. The van der Waals surface area contributed by atoms with Crippen molar-refractivity contribution < 1.29 is 14.3 Å². The van der Waals surface area contributed by atoms with Crippen LogP contribution in [0.25, 0.3) is 0 Å². The largest absolute Gasteiger partial charge is 0.497 e. The molecule has 0 bridgehead atoms. The predicted molar refractivity (Wildman–Crippen MR) is 73.3 cm³/mol. The lowest BCUT2D eigenvalue weighted by Gasteiger charge is -2.31. The first-order chi connectivity index (χ1) is 9.19. The van der Waals surface area contributed by atoms with Gasteiger partial charge in [-0.3, -0.25) is 4.79 Å². The fraction of sp³-hybridized carbons (Fsp3) is 0.533. The Bertz CT molecular complexity index is 416. The summed E-state index contributed by atoms with van der Waals surface area (Å²) in [6, 6.07) is 7.87. The maximum atomic E-state index is 12.1. The summed E-state index contributed by atoms with van der Waals surface area (Å²) in [4.78, 5) is 14.0. The predicted octanol–water partition coefficient (Wildman–Crippen LogP) is 1.88. The molecule has 1 aliphatic heterocycles. The highest BCUT2D eigenvalue weighted by molar-refractivity contribution is 5.76. The number of ether oxygens (including phenoxy) is 2. The van der Waals surface area contributed by atoms with Crippen molar-refractivity contribution in [1.29, 1.82) is 0 Å². The number of benzene rings is 1. The van der Waals surface area contributed by atoms with Crippen molar-refractivity contribution in [2.75, 3.05) is 26.8 Å². The Morgan fingerprint density at radius 2 is 2.16 bits per heavy atom. The van der Waals surface area contributed by atoms with Crippen molar-refractivity contribution in [3.05, 3.63) is 29.8 Å². The van der Waals surface area contributed by atoms with Crippen LogP contribution in [0.15, 0.2) is 24.3 Å². The van der Waals surface area contributed by atoms with Crippen LogP contribution in [0, 0.1) is 0 Å². The number of carbonyl (C=O) groups excluding carboxylic acids is 1. The normalized spacial score (nSPS) is 19.3. The average Bonchev–Trinajstić information content (AvgIpc) is 2.45. The van der Waals surface area contributed by atoms with Crippen LogP contribution < -0.4 is 4.74 Å². The van der Waals surface area contributed by atoms with Crippen molar-refractivity contribution in [2.24, 2.45) is 0 Å². The third kappa shape index (κ3) is 3.96. The van der Waals surface area contributed by atoms with Crippen LogP contribution in [0.1, 0.15) is 18.9 Å². The molecule has 104 valence electrons. The van der Waals surface area contributed by atoms with E-state index in [1.165, 1.54) is 0 Å². The number of amides is 1. The summed E-state index contributed by atoms with van der Waals surface area (Å²) in [5.41, 5.74) is 1.16. The topological polar surface area (TPSA) is 38.8 Å². The number of carbonyl (C=O) groups is 1. The molecule has 1 fully saturated rings. The van der Waals surface area contributed by atoms with E-state index < -0.39 is 0 Å². The minimum absolute atomic E-state index is 0.152. The molecule has 1 amide bonds. The summed E-state index contributed by atoms with van der Waals surface area (Å²) >= 11 is 0. The van der Waals surface area contributed by atoms with E-state index in [0.29, 0.717) is 26.1 Å². The number of morpholine rings is 1. The zero-order valence-electron chi connectivity index (χ0n) is 11.6. The molecule has 1 aromatic rings. The standard InChI is InChI=1S/C15H21NO3/c1-12-11-16(9-10-19-12)15(17)8-5-13-3-6-14(18-2)7-4-13/h3-4,6-7,12H,5,8-11H2,1-2H3. The van der Waals surface area contributed by atoms with Crippen LogP contribution in [-0.4, -0.2) is 43.7 Å². The molecule has 0 radical (unpaired) electrons. The van der Waals surface area contributed by atoms with Crippen molar-refractivity contribution >= 4 is 5.91 Å². The summed E-state index contributed by atoms with van der Waals surface area (Å²) in [5, 5.41) is 0. The second-order valence-electron chi connectivity index (χ2n) is 4.87. The van der Waals surface area contributed by atoms with Gasteiger partial charge >= 0.3 is 0 Å². The lowest BCUT2D eigenvalue weighted by atomic mass is 10.1. The summed E-state index contributed by atoms with van der Waals surface area (Å²) in [6.45, 7) is 4.07. The third-order valence-electron chi connectivity index (χ3n) is 3.38. The number of hydrogen-bond acceptors (Lipinski definition) is 3. The Labute approximate surface area is 114 Å². The smallest absolute Gasteiger partial charge is 0.223 e. The molecule has 0 spiro atoms. The summed E-state index contributed by atoms with van der Waals surface area (Å²) < 4.78 is 10.6. The van der Waals surface area contributed by atoms with Gasteiger partial charge in [0.05, 0.1) is 19.8 Å². The van der Waals surface area contributed by atoms with Gasteiger partial charge in [0.25, 0.3) is 0 Å². The van der Waals surface area contributed by atoms with E-state index in [4.69, 9.17) is 9.47 Å². The van der Waals surface area contributed by atoms with E-state index >= 15 is 0 Å². The number of methoxy groups -OCH3 is 1. The molecule has 0 aromatic heterocycles. The van der Waals surface area contributed by atoms with Gasteiger partial charge in [-0.05, 0) is 31.0 Å². The fourth-order valence-electron chi connectivity index (χ4n) is 2.25. The average molecular weight is 263 g/mol. The molecule has 19 heavy (non-hydrogen) atoms. The Morgan fingerprint density at radius 3 is 2.79 bits per heavy atom. The SMILES string of the molecule is COc1ccc(CCC(=O)N2CCOC(C)C2)cc1. The highest BCUT2D eigenvalue weighted by atomic mass is 16.5. The van der Waals surface area contributed by atoms with E-state index in [9.17, 15) is 4.79 Å². The van der Waals surface area contributed by atoms with Gasteiger partial charge in [0.2, 0.25) is 5.91 Å². The molecule has 1 aromatic carbocycles. The third-order valence-corrected chi connectivity index (χ3v) is 3.38. The minimum atomic E-state index is 0.152. The van der Waals surface area contributed by atoms with Gasteiger partial charge in [-0.15, -0.1) is 0 Å². The zero-order valence-corrected chi connectivity index (χ0v) is 11.6. The molecule has 0 saturated carbocycles. The molecule has 4 nitrogen and oxygen atoms in total. The van der Waals surface area contributed by atoms with Gasteiger partial charge in [-0.25, -0.2) is 0 Å². The maximum Gasteiger partial charge on any atom is 0.223 e. The quantitative estimate of drug-likeness (QED) is 0.832. The van der Waals surface area contributed by atoms with Gasteiger partial charge in [0.15, 0.2) is 0 Å². The molecule has 1 heterocycles. The molecular weight excluding hydrogens is 242 g/mol. The second kappa shape index (κ2) is 6.57. The molecule has 4 heteroatoms. The van der Waals surface area contributed by atoms with Crippen LogP contribution in [-0.2, 0) is 16.0 Å². The first kappa shape index (κ1) is 13.9. The number of hydrogen-bond donors (Lipinski definition) is 0. The van der Waals surface area contributed by atoms with E-state index in [-0.39, 0.29) is 12.0 Å². The van der Waals surface area contributed by atoms with Crippen molar-refractivity contribution in [2.45, 2.75) is 25.9 Å². The van der Waals surface area contributed by atoms with Crippen molar-refractivity contribution in [3.8, 4) is 5.75 Å². The molecule has 0 aliphatic carbocycles. The Kier molecular flexibility index (Phi) is 4.80. The van der Waals surface area contributed by atoms with Crippen LogP contribution in [0.2, 0.25) is 0 Å². The Hall–Kier alpha value is -1.55.